The third-order valence-electron chi connectivity index (χ3n) is 6.06. The van der Waals surface area contributed by atoms with Crippen molar-refractivity contribution in [3.05, 3.63) is 87.5 Å². The van der Waals surface area contributed by atoms with Gasteiger partial charge in [-0.3, -0.25) is 14.9 Å². The Kier molecular flexibility index (Phi) is 7.05. The summed E-state index contributed by atoms with van der Waals surface area (Å²) in [6.45, 7) is 0.643. The van der Waals surface area contributed by atoms with Gasteiger partial charge in [-0.15, -0.1) is 0 Å². The Balaban J connectivity index is 1.67. The number of nitrogens with zero attached hydrogens (tertiary/aromatic N) is 2. The maximum Gasteiger partial charge on any atom is 0.269 e. The van der Waals surface area contributed by atoms with Gasteiger partial charge in [0.25, 0.3) is 11.6 Å². The fourth-order valence-electron chi connectivity index (χ4n) is 4.19. The van der Waals surface area contributed by atoms with Gasteiger partial charge in [-0.05, 0) is 66.1 Å². The van der Waals surface area contributed by atoms with Crippen LogP contribution in [-0.4, -0.2) is 50.2 Å². The molecule has 4 rings (SSSR count). The molecule has 0 bridgehead atoms. The van der Waals surface area contributed by atoms with Crippen LogP contribution in [0, 0.1) is 10.1 Å². The number of benzene rings is 3. The first-order valence-corrected chi connectivity index (χ1v) is 11.0. The molecule has 182 valence electrons. The molecule has 9 nitrogen and oxygen atoms in total. The Labute approximate surface area is 202 Å². The normalized spacial score (nSPS) is 14.6. The lowest BCUT2D eigenvalue weighted by Gasteiger charge is -2.37. The number of carbonyl (C=O) groups excluding carboxylic acids is 1. The molecule has 1 atom stereocenters. The van der Waals surface area contributed by atoms with Crippen molar-refractivity contribution in [2.45, 2.75) is 12.5 Å². The van der Waals surface area contributed by atoms with E-state index in [0.29, 0.717) is 41.5 Å². The van der Waals surface area contributed by atoms with E-state index in [1.54, 1.807) is 62.6 Å². The quantitative estimate of drug-likeness (QED) is 0.349. The zero-order valence-electron chi connectivity index (χ0n) is 19.7. The Morgan fingerprint density at radius 3 is 2.17 bits per heavy atom. The van der Waals surface area contributed by atoms with E-state index in [2.05, 4.69) is 0 Å². The summed E-state index contributed by atoms with van der Waals surface area (Å²) >= 11 is 0. The van der Waals surface area contributed by atoms with E-state index in [1.165, 1.54) is 12.1 Å². The van der Waals surface area contributed by atoms with E-state index >= 15 is 0 Å². The summed E-state index contributed by atoms with van der Waals surface area (Å²) in [5.74, 6) is 2.19. The summed E-state index contributed by atoms with van der Waals surface area (Å²) in [7, 11) is 4.73. The van der Waals surface area contributed by atoms with Crippen molar-refractivity contribution in [2.75, 3.05) is 34.5 Å². The lowest BCUT2D eigenvalue weighted by atomic mass is 9.91. The Hall–Kier alpha value is -4.27. The monoisotopic (exact) mass is 478 g/mol. The molecule has 1 aliphatic rings. The summed E-state index contributed by atoms with van der Waals surface area (Å²) < 4.78 is 22.2. The largest absolute Gasteiger partial charge is 0.497 e. The van der Waals surface area contributed by atoms with Crippen molar-refractivity contribution < 1.29 is 28.7 Å². The molecule has 0 N–H and O–H groups in total. The van der Waals surface area contributed by atoms with Crippen LogP contribution in [0.1, 0.15) is 27.5 Å². The second kappa shape index (κ2) is 10.3. The molecule has 1 aliphatic heterocycles. The van der Waals surface area contributed by atoms with Gasteiger partial charge in [0.15, 0.2) is 11.5 Å². The van der Waals surface area contributed by atoms with Crippen LogP contribution in [-0.2, 0) is 6.42 Å². The maximum atomic E-state index is 13.5. The molecule has 0 saturated heterocycles. The highest BCUT2D eigenvalue weighted by molar-refractivity contribution is 5.95. The maximum absolute atomic E-state index is 13.5. The number of methoxy groups -OCH3 is 3. The number of amides is 1. The van der Waals surface area contributed by atoms with Crippen molar-refractivity contribution in [3.63, 3.8) is 0 Å². The van der Waals surface area contributed by atoms with Gasteiger partial charge in [-0.1, -0.05) is 0 Å². The zero-order chi connectivity index (χ0) is 24.9. The summed E-state index contributed by atoms with van der Waals surface area (Å²) in [6.07, 6.45) is 0.644. The van der Waals surface area contributed by atoms with Gasteiger partial charge in [0.05, 0.1) is 32.3 Å². The molecule has 0 saturated carbocycles. The van der Waals surface area contributed by atoms with Crippen LogP contribution >= 0.6 is 0 Å². The van der Waals surface area contributed by atoms with E-state index < -0.39 is 11.0 Å². The van der Waals surface area contributed by atoms with Crippen LogP contribution < -0.4 is 18.9 Å². The molecular formula is C26H26N2O7. The SMILES string of the molecule is COc1ccc(C(=O)N2CCc3cc(OC)c(OC)cc3[C@H]2COc2ccc([N+](=O)[O-])cc2)cc1. The van der Waals surface area contributed by atoms with Gasteiger partial charge in [0.1, 0.15) is 18.1 Å². The molecule has 0 spiro atoms. The highest BCUT2D eigenvalue weighted by atomic mass is 16.6. The minimum absolute atomic E-state index is 0.0199. The van der Waals surface area contributed by atoms with Crippen molar-refractivity contribution in [3.8, 4) is 23.0 Å². The topological polar surface area (TPSA) is 100 Å². The summed E-state index contributed by atoms with van der Waals surface area (Å²) in [5, 5.41) is 11.0. The fourth-order valence-corrected chi connectivity index (χ4v) is 4.19. The fraction of sp³-hybridized carbons (Fsp3) is 0.269. The number of non-ortho nitro benzene ring substituents is 1. The number of ether oxygens (including phenoxy) is 4. The summed E-state index contributed by atoms with van der Waals surface area (Å²) in [6, 6.07) is 16.2. The first kappa shape index (κ1) is 23.9. The van der Waals surface area contributed by atoms with Gasteiger partial charge >= 0.3 is 0 Å². The van der Waals surface area contributed by atoms with Crippen molar-refractivity contribution >= 4 is 11.6 Å². The molecule has 0 aliphatic carbocycles. The molecular weight excluding hydrogens is 452 g/mol. The number of nitro groups is 1. The van der Waals surface area contributed by atoms with E-state index in [0.717, 1.165) is 11.1 Å². The Bertz CT molecular complexity index is 1210. The van der Waals surface area contributed by atoms with Gasteiger partial charge in [0.2, 0.25) is 0 Å². The predicted octanol–water partition coefficient (Wildman–Crippen LogP) is 4.44. The Morgan fingerprint density at radius 2 is 1.57 bits per heavy atom. The third kappa shape index (κ3) is 4.98. The number of carbonyl (C=O) groups is 1. The molecule has 1 heterocycles. The number of hydrogen-bond donors (Lipinski definition) is 0. The average molecular weight is 479 g/mol. The average Bonchev–Trinajstić information content (AvgIpc) is 2.90. The van der Waals surface area contributed by atoms with Crippen LogP contribution in [0.15, 0.2) is 60.7 Å². The van der Waals surface area contributed by atoms with Gasteiger partial charge in [-0.2, -0.15) is 0 Å². The van der Waals surface area contributed by atoms with E-state index in [9.17, 15) is 14.9 Å². The van der Waals surface area contributed by atoms with Crippen LogP contribution in [0.4, 0.5) is 5.69 Å². The second-order valence-corrected chi connectivity index (χ2v) is 7.96. The smallest absolute Gasteiger partial charge is 0.269 e. The number of fused-ring (bicyclic) bond motifs is 1. The minimum atomic E-state index is -0.462. The minimum Gasteiger partial charge on any atom is -0.497 e. The van der Waals surface area contributed by atoms with Gasteiger partial charge < -0.3 is 23.8 Å². The highest BCUT2D eigenvalue weighted by Gasteiger charge is 2.33. The van der Waals surface area contributed by atoms with Crippen LogP contribution in [0.3, 0.4) is 0 Å². The first-order chi connectivity index (χ1) is 16.9. The molecule has 0 unspecified atom stereocenters. The van der Waals surface area contributed by atoms with Crippen LogP contribution in [0.5, 0.6) is 23.0 Å². The number of nitro benzene ring substituents is 1. The standard InChI is InChI=1S/C26H26N2O7/c1-32-20-8-4-17(5-9-20)26(29)27-13-12-18-14-24(33-2)25(34-3)15-22(18)23(27)16-35-21-10-6-19(7-11-21)28(30)31/h4-11,14-15,23H,12-13,16H2,1-3H3/t23-/m1/s1. The zero-order valence-corrected chi connectivity index (χ0v) is 19.7. The molecule has 0 radical (unpaired) electrons. The van der Waals surface area contributed by atoms with Crippen LogP contribution in [0.2, 0.25) is 0 Å². The third-order valence-corrected chi connectivity index (χ3v) is 6.06. The van der Waals surface area contributed by atoms with E-state index in [4.69, 9.17) is 18.9 Å². The summed E-state index contributed by atoms with van der Waals surface area (Å²) in [5.41, 5.74) is 2.46. The molecule has 0 aromatic heterocycles. The molecule has 0 fully saturated rings. The second-order valence-electron chi connectivity index (χ2n) is 7.96. The molecule has 1 amide bonds. The van der Waals surface area contributed by atoms with Gasteiger partial charge in [0, 0.05) is 24.2 Å². The van der Waals surface area contributed by atoms with Crippen LogP contribution in [0.25, 0.3) is 0 Å². The molecule has 9 heteroatoms. The van der Waals surface area contributed by atoms with E-state index in [-0.39, 0.29) is 18.2 Å². The molecule has 3 aromatic carbocycles. The molecule has 35 heavy (non-hydrogen) atoms. The Morgan fingerprint density at radius 1 is 0.943 bits per heavy atom. The number of hydrogen-bond acceptors (Lipinski definition) is 7. The van der Waals surface area contributed by atoms with Gasteiger partial charge in [-0.25, -0.2) is 0 Å². The summed E-state index contributed by atoms with van der Waals surface area (Å²) in [4.78, 5) is 25.8. The first-order valence-electron chi connectivity index (χ1n) is 11.0. The lowest BCUT2D eigenvalue weighted by Crippen LogP contribution is -2.42. The van der Waals surface area contributed by atoms with Crippen molar-refractivity contribution in [2.24, 2.45) is 0 Å². The van der Waals surface area contributed by atoms with Crippen molar-refractivity contribution in [1.29, 1.82) is 0 Å². The lowest BCUT2D eigenvalue weighted by molar-refractivity contribution is -0.384. The van der Waals surface area contributed by atoms with E-state index in [1.807, 2.05) is 12.1 Å². The van der Waals surface area contributed by atoms with Crippen molar-refractivity contribution in [1.82, 2.24) is 4.90 Å². The molecule has 3 aromatic rings. The highest BCUT2D eigenvalue weighted by Crippen LogP contribution is 2.39. The predicted molar refractivity (Wildman–Crippen MR) is 129 cm³/mol. The number of rotatable bonds is 8.